The van der Waals surface area contributed by atoms with Crippen LogP contribution < -0.4 is 16.1 Å². The van der Waals surface area contributed by atoms with Gasteiger partial charge >= 0.3 is 5.97 Å². The van der Waals surface area contributed by atoms with E-state index in [4.69, 9.17) is 17.3 Å². The maximum Gasteiger partial charge on any atom is 0.341 e. The Bertz CT molecular complexity index is 1060. The summed E-state index contributed by atoms with van der Waals surface area (Å²) < 4.78 is 16.7. The molecule has 1 aromatic heterocycles. The number of aromatic carboxylic acids is 1. The standard InChI is InChI=1S/C19H19ClFN3O4/c20-15-16-10(18(26)11(19(27)28)7-24(16)9-3-4-9)6-12(21)17(15)23-5-1-2-14(25)13(22)8-23/h6-7,9,13H,1-5,8,22H2,(H,27,28). The molecule has 1 saturated heterocycles. The second-order valence-electron chi connectivity index (χ2n) is 7.36. The van der Waals surface area contributed by atoms with Crippen LogP contribution in [0.15, 0.2) is 17.1 Å². The number of carboxylic acid groups (broad SMARTS) is 1. The lowest BCUT2D eigenvalue weighted by atomic mass is 10.1. The molecule has 3 N–H and O–H groups in total. The van der Waals surface area contributed by atoms with Crippen LogP contribution in [-0.2, 0) is 4.79 Å². The zero-order chi connectivity index (χ0) is 20.2. The molecule has 9 heteroatoms. The van der Waals surface area contributed by atoms with Gasteiger partial charge in [0.2, 0.25) is 5.43 Å². The summed E-state index contributed by atoms with van der Waals surface area (Å²) in [4.78, 5) is 37.6. The van der Waals surface area contributed by atoms with Crippen LogP contribution in [0.4, 0.5) is 10.1 Å². The first-order chi connectivity index (χ1) is 13.3. The van der Waals surface area contributed by atoms with Crippen molar-refractivity contribution in [1.29, 1.82) is 0 Å². The first kappa shape index (κ1) is 18.9. The Kier molecular flexibility index (Phi) is 4.63. The van der Waals surface area contributed by atoms with Gasteiger partial charge in [-0.15, -0.1) is 0 Å². The number of hydrogen-bond donors (Lipinski definition) is 2. The van der Waals surface area contributed by atoms with Gasteiger partial charge in [0.1, 0.15) is 11.4 Å². The number of rotatable bonds is 3. The topological polar surface area (TPSA) is 106 Å². The van der Waals surface area contributed by atoms with Crippen LogP contribution >= 0.6 is 11.6 Å². The smallest absolute Gasteiger partial charge is 0.341 e. The van der Waals surface area contributed by atoms with Crippen molar-refractivity contribution in [2.24, 2.45) is 5.73 Å². The van der Waals surface area contributed by atoms with Gasteiger partial charge in [0.05, 0.1) is 27.7 Å². The van der Waals surface area contributed by atoms with Gasteiger partial charge in [0.25, 0.3) is 0 Å². The average molecular weight is 408 g/mol. The third kappa shape index (κ3) is 3.06. The molecule has 2 aliphatic rings. The first-order valence-corrected chi connectivity index (χ1v) is 9.50. The van der Waals surface area contributed by atoms with Crippen molar-refractivity contribution >= 4 is 39.9 Å². The van der Waals surface area contributed by atoms with Crippen molar-refractivity contribution in [3.05, 3.63) is 38.9 Å². The fourth-order valence-electron chi connectivity index (χ4n) is 3.78. The van der Waals surface area contributed by atoms with Crippen LogP contribution in [0.5, 0.6) is 0 Å². The molecule has 0 amide bonds. The number of Topliss-reactive ketones (excluding diaryl/α,β-unsaturated/α-hetero) is 1. The fourth-order valence-corrected chi connectivity index (χ4v) is 4.19. The van der Waals surface area contributed by atoms with Crippen LogP contribution in [0, 0.1) is 5.82 Å². The molecule has 2 aromatic rings. The molecule has 1 saturated carbocycles. The number of benzene rings is 1. The lowest BCUT2D eigenvalue weighted by Gasteiger charge is -2.27. The van der Waals surface area contributed by atoms with Gasteiger partial charge in [0.15, 0.2) is 5.78 Å². The monoisotopic (exact) mass is 407 g/mol. The third-order valence-electron chi connectivity index (χ3n) is 5.35. The number of carbonyl (C=O) groups is 2. The average Bonchev–Trinajstić information content (AvgIpc) is 3.47. The highest BCUT2D eigenvalue weighted by atomic mass is 35.5. The van der Waals surface area contributed by atoms with Gasteiger partial charge in [-0.25, -0.2) is 9.18 Å². The summed E-state index contributed by atoms with van der Waals surface area (Å²) in [5.74, 6) is -2.18. The van der Waals surface area contributed by atoms with Crippen molar-refractivity contribution < 1.29 is 19.1 Å². The van der Waals surface area contributed by atoms with E-state index in [0.29, 0.717) is 24.9 Å². The van der Waals surface area contributed by atoms with Gasteiger partial charge in [-0.05, 0) is 25.3 Å². The lowest BCUT2D eigenvalue weighted by molar-refractivity contribution is -0.119. The minimum Gasteiger partial charge on any atom is -0.477 e. The van der Waals surface area contributed by atoms with E-state index in [1.807, 2.05) is 0 Å². The van der Waals surface area contributed by atoms with Crippen molar-refractivity contribution in [2.75, 3.05) is 18.0 Å². The van der Waals surface area contributed by atoms with Crippen LogP contribution in [-0.4, -0.2) is 40.6 Å². The fraction of sp³-hybridized carbons (Fsp3) is 0.421. The second kappa shape index (κ2) is 6.86. The van der Waals surface area contributed by atoms with Crippen molar-refractivity contribution in [2.45, 2.75) is 37.8 Å². The number of aromatic nitrogens is 1. The van der Waals surface area contributed by atoms with E-state index in [1.165, 1.54) is 6.20 Å². The summed E-state index contributed by atoms with van der Waals surface area (Å²) in [7, 11) is 0. The number of ketones is 1. The molecular weight excluding hydrogens is 389 g/mol. The van der Waals surface area contributed by atoms with Crippen LogP contribution in [0.25, 0.3) is 10.9 Å². The molecule has 1 unspecified atom stereocenters. The van der Waals surface area contributed by atoms with Gasteiger partial charge in [0, 0.05) is 31.7 Å². The Morgan fingerprint density at radius 1 is 1.32 bits per heavy atom. The Hall–Kier alpha value is -2.45. The van der Waals surface area contributed by atoms with E-state index < -0.39 is 28.8 Å². The molecule has 2 heterocycles. The summed E-state index contributed by atoms with van der Waals surface area (Å²) in [5, 5.41) is 9.32. The second-order valence-corrected chi connectivity index (χ2v) is 7.73. The molecule has 1 atom stereocenters. The number of carboxylic acids is 1. The number of carbonyl (C=O) groups excluding carboxylic acids is 1. The number of hydrogen-bond acceptors (Lipinski definition) is 5. The van der Waals surface area contributed by atoms with E-state index in [0.717, 1.165) is 18.9 Å². The molecule has 1 aliphatic heterocycles. The molecular formula is C19H19ClFN3O4. The SMILES string of the molecule is NC1CN(c2c(F)cc3c(=O)c(C(=O)O)cn(C4CC4)c3c2Cl)CCCC1=O. The third-order valence-corrected chi connectivity index (χ3v) is 5.71. The number of anilines is 1. The highest BCUT2D eigenvalue weighted by Gasteiger charge is 2.31. The van der Waals surface area contributed by atoms with Crippen molar-refractivity contribution in [1.82, 2.24) is 4.57 Å². The largest absolute Gasteiger partial charge is 0.477 e. The van der Waals surface area contributed by atoms with Gasteiger partial charge in [-0.2, -0.15) is 0 Å². The summed E-state index contributed by atoms with van der Waals surface area (Å²) in [5.41, 5.74) is 5.14. The van der Waals surface area contributed by atoms with Crippen LogP contribution in [0.3, 0.4) is 0 Å². The van der Waals surface area contributed by atoms with Crippen molar-refractivity contribution in [3.8, 4) is 0 Å². The normalized spacial score (nSPS) is 20.5. The van der Waals surface area contributed by atoms with Crippen molar-refractivity contribution in [3.63, 3.8) is 0 Å². The maximum absolute atomic E-state index is 15.0. The number of pyridine rings is 1. The highest BCUT2D eigenvalue weighted by Crippen LogP contribution is 2.42. The molecule has 0 radical (unpaired) electrons. The van der Waals surface area contributed by atoms with Gasteiger partial charge < -0.3 is 20.3 Å². The Morgan fingerprint density at radius 2 is 2.04 bits per heavy atom. The number of halogens is 2. The quantitative estimate of drug-likeness (QED) is 0.808. The van der Waals surface area contributed by atoms with E-state index in [1.54, 1.807) is 9.47 Å². The molecule has 148 valence electrons. The predicted octanol–water partition coefficient (Wildman–Crippen LogP) is 2.32. The summed E-state index contributed by atoms with van der Waals surface area (Å²) >= 11 is 6.58. The van der Waals surface area contributed by atoms with Gasteiger partial charge in [-0.3, -0.25) is 9.59 Å². The van der Waals surface area contributed by atoms with E-state index in [2.05, 4.69) is 0 Å². The summed E-state index contributed by atoms with van der Waals surface area (Å²) in [6.45, 7) is 0.532. The van der Waals surface area contributed by atoms with Crippen LogP contribution in [0.1, 0.15) is 42.1 Å². The molecule has 4 rings (SSSR count). The molecule has 1 aliphatic carbocycles. The Morgan fingerprint density at radius 3 is 2.68 bits per heavy atom. The number of nitrogens with two attached hydrogens (primary N) is 1. The molecule has 0 bridgehead atoms. The minimum absolute atomic E-state index is 0.0185. The molecule has 2 fully saturated rings. The summed E-state index contributed by atoms with van der Waals surface area (Å²) in [6.07, 6.45) is 3.77. The van der Waals surface area contributed by atoms with Crippen LogP contribution in [0.2, 0.25) is 5.02 Å². The zero-order valence-electron chi connectivity index (χ0n) is 15.0. The minimum atomic E-state index is -1.36. The summed E-state index contributed by atoms with van der Waals surface area (Å²) in [6, 6.07) is 0.321. The first-order valence-electron chi connectivity index (χ1n) is 9.13. The molecule has 7 nitrogen and oxygen atoms in total. The van der Waals surface area contributed by atoms with E-state index >= 15 is 4.39 Å². The lowest BCUT2D eigenvalue weighted by Crippen LogP contribution is -2.40. The molecule has 1 aromatic carbocycles. The van der Waals surface area contributed by atoms with Gasteiger partial charge in [-0.1, -0.05) is 11.6 Å². The zero-order valence-corrected chi connectivity index (χ0v) is 15.7. The predicted molar refractivity (Wildman–Crippen MR) is 103 cm³/mol. The maximum atomic E-state index is 15.0. The van der Waals surface area contributed by atoms with E-state index in [-0.39, 0.29) is 34.5 Å². The molecule has 0 spiro atoms. The number of fused-ring (bicyclic) bond motifs is 1. The number of nitrogens with zero attached hydrogens (tertiary/aromatic N) is 2. The Labute approximate surface area is 164 Å². The highest BCUT2D eigenvalue weighted by molar-refractivity contribution is 6.38. The molecule has 28 heavy (non-hydrogen) atoms. The van der Waals surface area contributed by atoms with E-state index in [9.17, 15) is 19.5 Å². The Balaban J connectivity index is 1.96.